The van der Waals surface area contributed by atoms with E-state index < -0.39 is 5.97 Å². The number of hydrogen-bond donors (Lipinski definition) is 1. The first kappa shape index (κ1) is 16.5. The van der Waals surface area contributed by atoms with Crippen molar-refractivity contribution in [3.63, 3.8) is 0 Å². The molecule has 0 saturated heterocycles. The summed E-state index contributed by atoms with van der Waals surface area (Å²) in [4.78, 5) is 24.4. The Morgan fingerprint density at radius 2 is 1.80 bits per heavy atom. The minimum absolute atomic E-state index is 0.00971. The van der Waals surface area contributed by atoms with Gasteiger partial charge in [-0.3, -0.25) is 4.79 Å². The third-order valence-corrected chi connectivity index (χ3v) is 3.53. The Kier molecular flexibility index (Phi) is 4.95. The van der Waals surface area contributed by atoms with E-state index in [0.29, 0.717) is 16.7 Å². The molecule has 0 spiro atoms. The highest BCUT2D eigenvalue weighted by atomic mass is 16.5. The molecule has 0 aliphatic carbocycles. The molecule has 25 heavy (non-hydrogen) atoms. The molecule has 5 heteroatoms. The number of carbonyl (C=O) groups excluding carboxylic acids is 2. The number of rotatable bonds is 5. The fourth-order valence-electron chi connectivity index (χ4n) is 2.41. The number of anilines is 1. The molecular formula is C20H17NO4. The highest BCUT2D eigenvalue weighted by Gasteiger charge is 2.22. The number of para-hydroxylation sites is 1. The third-order valence-electron chi connectivity index (χ3n) is 3.53. The van der Waals surface area contributed by atoms with Crippen molar-refractivity contribution in [2.75, 3.05) is 11.9 Å². The summed E-state index contributed by atoms with van der Waals surface area (Å²) in [7, 11) is 0. The van der Waals surface area contributed by atoms with Crippen molar-refractivity contribution >= 4 is 34.6 Å². The van der Waals surface area contributed by atoms with Crippen molar-refractivity contribution in [3.8, 4) is 0 Å². The van der Waals surface area contributed by atoms with Gasteiger partial charge in [0.05, 0.1) is 6.61 Å². The standard InChI is InChI=1S/C20H17NO4/c1-2-24-20(23)19-18(15-10-6-7-11-16(15)25-19)21-17(22)13-12-14-8-4-3-5-9-14/h3-13H,2H2,1H3,(H,21,22). The Balaban J connectivity index is 1.89. The van der Waals surface area contributed by atoms with E-state index >= 15 is 0 Å². The number of benzene rings is 2. The van der Waals surface area contributed by atoms with Crippen LogP contribution in [0.1, 0.15) is 23.0 Å². The molecule has 0 aliphatic rings. The van der Waals surface area contributed by atoms with Crippen molar-refractivity contribution in [1.82, 2.24) is 0 Å². The van der Waals surface area contributed by atoms with Gasteiger partial charge in [-0.1, -0.05) is 42.5 Å². The predicted octanol–water partition coefficient (Wildman–Crippen LogP) is 4.26. The van der Waals surface area contributed by atoms with Crippen LogP contribution in [0.3, 0.4) is 0 Å². The van der Waals surface area contributed by atoms with Crippen molar-refractivity contribution in [2.24, 2.45) is 0 Å². The lowest BCUT2D eigenvalue weighted by atomic mass is 10.2. The minimum Gasteiger partial charge on any atom is -0.460 e. The molecule has 126 valence electrons. The molecule has 0 radical (unpaired) electrons. The van der Waals surface area contributed by atoms with E-state index in [9.17, 15) is 9.59 Å². The van der Waals surface area contributed by atoms with Gasteiger partial charge in [0, 0.05) is 11.5 Å². The van der Waals surface area contributed by atoms with Gasteiger partial charge in [0.2, 0.25) is 11.7 Å². The summed E-state index contributed by atoms with van der Waals surface area (Å²) in [5.74, 6) is -0.980. The highest BCUT2D eigenvalue weighted by Crippen LogP contribution is 2.31. The maximum absolute atomic E-state index is 12.3. The first-order valence-corrected chi connectivity index (χ1v) is 7.92. The SMILES string of the molecule is CCOC(=O)c1oc2ccccc2c1NC(=O)C=Cc1ccccc1. The molecule has 3 rings (SSSR count). The van der Waals surface area contributed by atoms with Crippen LogP contribution in [-0.2, 0) is 9.53 Å². The summed E-state index contributed by atoms with van der Waals surface area (Å²) in [6.07, 6.45) is 3.10. The molecule has 1 amide bonds. The predicted molar refractivity (Wildman–Crippen MR) is 96.3 cm³/mol. The third kappa shape index (κ3) is 3.77. The van der Waals surface area contributed by atoms with Crippen LogP contribution in [-0.4, -0.2) is 18.5 Å². The molecule has 0 aliphatic heterocycles. The quantitative estimate of drug-likeness (QED) is 0.559. The molecule has 0 bridgehead atoms. The van der Waals surface area contributed by atoms with E-state index in [4.69, 9.17) is 9.15 Å². The fourth-order valence-corrected chi connectivity index (χ4v) is 2.41. The zero-order valence-electron chi connectivity index (χ0n) is 13.7. The Morgan fingerprint density at radius 3 is 2.56 bits per heavy atom. The van der Waals surface area contributed by atoms with Crippen LogP contribution >= 0.6 is 0 Å². The second-order valence-corrected chi connectivity index (χ2v) is 5.26. The van der Waals surface area contributed by atoms with E-state index in [-0.39, 0.29) is 18.3 Å². The van der Waals surface area contributed by atoms with Crippen molar-refractivity contribution < 1.29 is 18.7 Å². The molecule has 5 nitrogen and oxygen atoms in total. The smallest absolute Gasteiger partial charge is 0.376 e. The van der Waals surface area contributed by atoms with Gasteiger partial charge < -0.3 is 14.5 Å². The summed E-state index contributed by atoms with van der Waals surface area (Å²) in [5, 5.41) is 3.37. The van der Waals surface area contributed by atoms with Crippen LogP contribution in [0.15, 0.2) is 65.1 Å². The molecule has 1 N–H and O–H groups in total. The number of ether oxygens (including phenoxy) is 1. The first-order chi connectivity index (χ1) is 12.2. The largest absolute Gasteiger partial charge is 0.460 e. The Labute approximate surface area is 144 Å². The van der Waals surface area contributed by atoms with E-state index in [2.05, 4.69) is 5.32 Å². The lowest BCUT2D eigenvalue weighted by Gasteiger charge is -2.03. The second kappa shape index (κ2) is 7.49. The van der Waals surface area contributed by atoms with E-state index in [1.165, 1.54) is 6.08 Å². The molecule has 1 aromatic heterocycles. The van der Waals surface area contributed by atoms with Crippen LogP contribution in [0.5, 0.6) is 0 Å². The zero-order chi connectivity index (χ0) is 17.6. The van der Waals surface area contributed by atoms with E-state index in [0.717, 1.165) is 5.56 Å². The maximum atomic E-state index is 12.3. The van der Waals surface area contributed by atoms with Gasteiger partial charge in [-0.15, -0.1) is 0 Å². The summed E-state index contributed by atoms with van der Waals surface area (Å²) in [6, 6.07) is 16.6. The number of amides is 1. The summed E-state index contributed by atoms with van der Waals surface area (Å²) in [5.41, 5.74) is 1.73. The van der Waals surface area contributed by atoms with Crippen LogP contribution in [0, 0.1) is 0 Å². The average Bonchev–Trinajstić information content (AvgIpc) is 3.00. The monoisotopic (exact) mass is 335 g/mol. The van der Waals surface area contributed by atoms with Crippen LogP contribution < -0.4 is 5.32 Å². The first-order valence-electron chi connectivity index (χ1n) is 7.92. The number of esters is 1. The second-order valence-electron chi connectivity index (χ2n) is 5.26. The maximum Gasteiger partial charge on any atom is 0.376 e. The van der Waals surface area contributed by atoms with Crippen molar-refractivity contribution in [1.29, 1.82) is 0 Å². The zero-order valence-corrected chi connectivity index (χ0v) is 13.7. The number of nitrogens with one attached hydrogen (secondary N) is 1. The Hall–Kier alpha value is -3.34. The molecular weight excluding hydrogens is 318 g/mol. The minimum atomic E-state index is -0.610. The molecule has 0 atom stereocenters. The molecule has 1 heterocycles. The summed E-state index contributed by atoms with van der Waals surface area (Å²) < 4.78 is 10.6. The Morgan fingerprint density at radius 1 is 1.08 bits per heavy atom. The van der Waals surface area contributed by atoms with Crippen LogP contribution in [0.25, 0.3) is 17.0 Å². The Bertz CT molecular complexity index is 925. The van der Waals surface area contributed by atoms with Crippen molar-refractivity contribution in [3.05, 3.63) is 72.0 Å². The molecule has 0 unspecified atom stereocenters. The van der Waals surface area contributed by atoms with Gasteiger partial charge in [-0.2, -0.15) is 0 Å². The average molecular weight is 335 g/mol. The van der Waals surface area contributed by atoms with E-state index in [1.54, 1.807) is 31.2 Å². The van der Waals surface area contributed by atoms with Crippen LogP contribution in [0.2, 0.25) is 0 Å². The fraction of sp³-hybridized carbons (Fsp3) is 0.100. The number of fused-ring (bicyclic) bond motifs is 1. The van der Waals surface area contributed by atoms with Gasteiger partial charge in [-0.25, -0.2) is 4.79 Å². The van der Waals surface area contributed by atoms with Crippen molar-refractivity contribution in [2.45, 2.75) is 6.92 Å². The summed E-state index contributed by atoms with van der Waals surface area (Å²) >= 11 is 0. The lowest BCUT2D eigenvalue weighted by Crippen LogP contribution is -2.12. The molecule has 0 saturated carbocycles. The molecule has 0 fully saturated rings. The highest BCUT2D eigenvalue weighted by molar-refractivity contribution is 6.12. The molecule has 3 aromatic rings. The van der Waals surface area contributed by atoms with Gasteiger partial charge in [0.1, 0.15) is 11.3 Å². The van der Waals surface area contributed by atoms with Gasteiger partial charge in [0.25, 0.3) is 0 Å². The number of carbonyl (C=O) groups is 2. The number of hydrogen-bond acceptors (Lipinski definition) is 4. The normalized spacial score (nSPS) is 10.9. The molecule has 2 aromatic carbocycles. The van der Waals surface area contributed by atoms with Crippen LogP contribution in [0.4, 0.5) is 5.69 Å². The van der Waals surface area contributed by atoms with Gasteiger partial charge >= 0.3 is 5.97 Å². The van der Waals surface area contributed by atoms with Gasteiger partial charge in [0.15, 0.2) is 0 Å². The number of furan rings is 1. The lowest BCUT2D eigenvalue weighted by molar-refractivity contribution is -0.111. The van der Waals surface area contributed by atoms with Gasteiger partial charge in [-0.05, 0) is 30.7 Å². The van der Waals surface area contributed by atoms with E-state index in [1.807, 2.05) is 36.4 Å². The summed E-state index contributed by atoms with van der Waals surface area (Å²) in [6.45, 7) is 1.93. The topological polar surface area (TPSA) is 68.5 Å².